The summed E-state index contributed by atoms with van der Waals surface area (Å²) in [5.74, 6) is 0.372. The lowest BCUT2D eigenvalue weighted by Crippen LogP contribution is -2.15. The number of hydrogen-bond donors (Lipinski definition) is 1. The van der Waals surface area contributed by atoms with E-state index in [0.717, 1.165) is 22.6 Å². The Hall–Kier alpha value is -3.46. The fourth-order valence-electron chi connectivity index (χ4n) is 2.94. The van der Waals surface area contributed by atoms with Crippen LogP contribution < -0.4 is 5.32 Å². The second-order valence-corrected chi connectivity index (χ2v) is 7.67. The molecule has 9 heteroatoms. The molecule has 4 rings (SSSR count). The molecule has 0 aliphatic heterocycles. The van der Waals surface area contributed by atoms with Gasteiger partial charge in [-0.2, -0.15) is 5.10 Å². The van der Waals surface area contributed by atoms with Crippen LogP contribution in [0.4, 0.5) is 5.69 Å². The molecule has 0 atom stereocenters. The molecule has 0 fully saturated rings. The Kier molecular flexibility index (Phi) is 5.62. The van der Waals surface area contributed by atoms with Crippen molar-refractivity contribution in [1.82, 2.24) is 25.0 Å². The molecule has 0 saturated carbocycles. The van der Waals surface area contributed by atoms with Crippen LogP contribution in [0.3, 0.4) is 0 Å². The minimum Gasteiger partial charge on any atom is -0.411 e. The molecule has 1 N–H and O–H groups in total. The standard InChI is InChI=1S/C21H20N6O2S/c1-13-4-6-17(7-5-13)27-15(3)19(14(2)26-27)23-18(28)12-30-21-25-24-20(29-21)16-8-10-22-11-9-16/h4-11H,12H2,1-3H3,(H,23,28). The number of benzene rings is 1. The fourth-order valence-corrected chi connectivity index (χ4v) is 3.51. The Morgan fingerprint density at radius 2 is 1.80 bits per heavy atom. The summed E-state index contributed by atoms with van der Waals surface area (Å²) in [6.45, 7) is 5.85. The summed E-state index contributed by atoms with van der Waals surface area (Å²) >= 11 is 1.18. The molecule has 0 bridgehead atoms. The van der Waals surface area contributed by atoms with E-state index in [9.17, 15) is 4.79 Å². The van der Waals surface area contributed by atoms with Crippen LogP contribution in [0.15, 0.2) is 58.4 Å². The molecule has 1 amide bonds. The number of nitrogens with zero attached hydrogens (tertiary/aromatic N) is 5. The van der Waals surface area contributed by atoms with E-state index in [1.807, 2.05) is 49.7 Å². The van der Waals surface area contributed by atoms with Gasteiger partial charge in [0.15, 0.2) is 0 Å². The van der Waals surface area contributed by atoms with Crippen molar-refractivity contribution in [3.8, 4) is 17.1 Å². The summed E-state index contributed by atoms with van der Waals surface area (Å²) in [5.41, 5.74) is 5.24. The van der Waals surface area contributed by atoms with Crippen LogP contribution in [0.5, 0.6) is 0 Å². The van der Waals surface area contributed by atoms with Gasteiger partial charge in [0.2, 0.25) is 11.8 Å². The molecule has 0 radical (unpaired) electrons. The average molecular weight is 420 g/mol. The highest BCUT2D eigenvalue weighted by molar-refractivity contribution is 7.99. The van der Waals surface area contributed by atoms with Crippen LogP contribution in [0.25, 0.3) is 17.1 Å². The number of rotatable bonds is 6. The van der Waals surface area contributed by atoms with Gasteiger partial charge in [0.25, 0.3) is 5.22 Å². The lowest BCUT2D eigenvalue weighted by atomic mass is 10.2. The molecule has 0 saturated heterocycles. The largest absolute Gasteiger partial charge is 0.411 e. The first-order chi connectivity index (χ1) is 14.5. The quantitative estimate of drug-likeness (QED) is 0.471. The summed E-state index contributed by atoms with van der Waals surface area (Å²) in [6, 6.07) is 11.6. The summed E-state index contributed by atoms with van der Waals surface area (Å²) < 4.78 is 7.44. The predicted octanol–water partition coefficient (Wildman–Crippen LogP) is 3.97. The second kappa shape index (κ2) is 8.50. The first-order valence-electron chi connectivity index (χ1n) is 9.31. The second-order valence-electron chi connectivity index (χ2n) is 6.74. The van der Waals surface area contributed by atoms with Gasteiger partial charge < -0.3 is 9.73 Å². The number of carbonyl (C=O) groups is 1. The van der Waals surface area contributed by atoms with Crippen LogP contribution in [0.1, 0.15) is 17.0 Å². The first kappa shape index (κ1) is 19.8. The number of aromatic nitrogens is 5. The van der Waals surface area contributed by atoms with E-state index in [0.29, 0.717) is 16.8 Å². The zero-order chi connectivity index (χ0) is 21.1. The van der Waals surface area contributed by atoms with Crippen molar-refractivity contribution in [2.75, 3.05) is 11.1 Å². The van der Waals surface area contributed by atoms with Gasteiger partial charge >= 0.3 is 0 Å². The van der Waals surface area contributed by atoms with E-state index in [4.69, 9.17) is 4.42 Å². The molecule has 152 valence electrons. The fraction of sp³-hybridized carbons (Fsp3) is 0.190. The predicted molar refractivity (Wildman–Crippen MR) is 115 cm³/mol. The molecule has 8 nitrogen and oxygen atoms in total. The van der Waals surface area contributed by atoms with Crippen molar-refractivity contribution in [2.24, 2.45) is 0 Å². The van der Waals surface area contributed by atoms with E-state index in [-0.39, 0.29) is 11.7 Å². The first-order valence-corrected chi connectivity index (χ1v) is 10.3. The minimum atomic E-state index is -0.168. The van der Waals surface area contributed by atoms with E-state index >= 15 is 0 Å². The lowest BCUT2D eigenvalue weighted by Gasteiger charge is -2.07. The van der Waals surface area contributed by atoms with Crippen molar-refractivity contribution in [3.05, 3.63) is 65.7 Å². The molecule has 3 heterocycles. The van der Waals surface area contributed by atoms with Crippen LogP contribution in [0, 0.1) is 20.8 Å². The number of aryl methyl sites for hydroxylation is 2. The maximum Gasteiger partial charge on any atom is 0.277 e. The monoisotopic (exact) mass is 420 g/mol. The van der Waals surface area contributed by atoms with Crippen LogP contribution in [-0.4, -0.2) is 36.6 Å². The maximum atomic E-state index is 12.5. The summed E-state index contributed by atoms with van der Waals surface area (Å²) in [6.07, 6.45) is 3.31. The van der Waals surface area contributed by atoms with Crippen molar-refractivity contribution >= 4 is 23.4 Å². The molecule has 0 aliphatic rings. The zero-order valence-corrected chi connectivity index (χ0v) is 17.6. The minimum absolute atomic E-state index is 0.145. The molecule has 1 aromatic carbocycles. The van der Waals surface area contributed by atoms with Crippen molar-refractivity contribution in [2.45, 2.75) is 26.0 Å². The Labute approximate surface area is 177 Å². The number of pyridine rings is 1. The SMILES string of the molecule is Cc1ccc(-n2nc(C)c(NC(=O)CSc3nnc(-c4ccncc4)o3)c2C)cc1. The van der Waals surface area contributed by atoms with Crippen molar-refractivity contribution in [3.63, 3.8) is 0 Å². The topological polar surface area (TPSA) is 98.7 Å². The molecular formula is C21H20N6O2S. The van der Waals surface area contributed by atoms with Gasteiger partial charge in [-0.25, -0.2) is 4.68 Å². The van der Waals surface area contributed by atoms with Crippen molar-refractivity contribution in [1.29, 1.82) is 0 Å². The molecule has 4 aromatic rings. The van der Waals surface area contributed by atoms with Gasteiger partial charge in [-0.15, -0.1) is 10.2 Å². The Morgan fingerprint density at radius 1 is 1.07 bits per heavy atom. The number of hydrogen-bond acceptors (Lipinski definition) is 7. The zero-order valence-electron chi connectivity index (χ0n) is 16.8. The van der Waals surface area contributed by atoms with E-state index < -0.39 is 0 Å². The normalized spacial score (nSPS) is 10.9. The van der Waals surface area contributed by atoms with Gasteiger partial charge in [0.05, 0.1) is 28.5 Å². The smallest absolute Gasteiger partial charge is 0.277 e. The highest BCUT2D eigenvalue weighted by Gasteiger charge is 2.17. The van der Waals surface area contributed by atoms with Crippen LogP contribution in [0.2, 0.25) is 0 Å². The number of thioether (sulfide) groups is 1. The number of nitrogens with one attached hydrogen (secondary N) is 1. The van der Waals surface area contributed by atoms with Gasteiger partial charge in [-0.05, 0) is 45.0 Å². The Balaban J connectivity index is 1.41. The third-order valence-electron chi connectivity index (χ3n) is 4.49. The molecule has 30 heavy (non-hydrogen) atoms. The molecule has 0 aliphatic carbocycles. The van der Waals surface area contributed by atoms with E-state index in [1.165, 1.54) is 17.3 Å². The number of anilines is 1. The van der Waals surface area contributed by atoms with Gasteiger partial charge in [-0.3, -0.25) is 9.78 Å². The Bertz CT molecular complexity index is 1170. The highest BCUT2D eigenvalue weighted by atomic mass is 32.2. The molecular weight excluding hydrogens is 400 g/mol. The molecule has 0 unspecified atom stereocenters. The van der Waals surface area contributed by atoms with Gasteiger partial charge in [-0.1, -0.05) is 29.5 Å². The highest BCUT2D eigenvalue weighted by Crippen LogP contribution is 2.25. The summed E-state index contributed by atoms with van der Waals surface area (Å²) in [7, 11) is 0. The van der Waals surface area contributed by atoms with Gasteiger partial charge in [0, 0.05) is 18.0 Å². The Morgan fingerprint density at radius 3 is 2.53 bits per heavy atom. The summed E-state index contributed by atoms with van der Waals surface area (Å²) in [5, 5.41) is 15.8. The molecule has 3 aromatic heterocycles. The number of amides is 1. The van der Waals surface area contributed by atoms with Crippen molar-refractivity contribution < 1.29 is 9.21 Å². The lowest BCUT2D eigenvalue weighted by molar-refractivity contribution is -0.113. The molecule has 0 spiro atoms. The average Bonchev–Trinajstić information content (AvgIpc) is 3.34. The van der Waals surface area contributed by atoms with E-state index in [1.54, 1.807) is 24.5 Å². The number of carbonyl (C=O) groups excluding carboxylic acids is 1. The van der Waals surface area contributed by atoms with Crippen LogP contribution in [-0.2, 0) is 4.79 Å². The maximum absolute atomic E-state index is 12.5. The summed E-state index contributed by atoms with van der Waals surface area (Å²) in [4.78, 5) is 16.5. The van der Waals surface area contributed by atoms with E-state index in [2.05, 4.69) is 25.6 Å². The van der Waals surface area contributed by atoms with Gasteiger partial charge in [0.1, 0.15) is 0 Å². The van der Waals surface area contributed by atoms with Crippen LogP contribution >= 0.6 is 11.8 Å². The third kappa shape index (κ3) is 4.25. The third-order valence-corrected chi connectivity index (χ3v) is 5.31.